The van der Waals surface area contributed by atoms with Crippen LogP contribution in [0, 0.1) is 61.2 Å². The maximum absolute atomic E-state index is 12.5. The molecule has 8 aromatic rings. The molecule has 12 rings (SSSR count). The van der Waals surface area contributed by atoms with Crippen LogP contribution < -0.4 is 38.5 Å². The van der Waals surface area contributed by atoms with Gasteiger partial charge in [0.15, 0.2) is 17.3 Å². The van der Waals surface area contributed by atoms with E-state index in [-0.39, 0.29) is 115 Å². The number of hydrogen-bond donors (Lipinski definition) is 10. The smallest absolute Gasteiger partial charge is 0.335 e. The Kier molecular flexibility index (Phi) is 43.2. The second-order valence-corrected chi connectivity index (χ2v) is 29.1. The number of nitrogens with one attached hydrogen (secondary N) is 4. The summed E-state index contributed by atoms with van der Waals surface area (Å²) in [6.45, 7) is 2.00. The second-order valence-electron chi connectivity index (χ2n) is 29.1. The van der Waals surface area contributed by atoms with Gasteiger partial charge in [0.2, 0.25) is 11.8 Å². The number of Topliss-reactive ketones (excluding diaryl/α,β-unsaturated/α-hetero) is 3. The van der Waals surface area contributed by atoms with Crippen LogP contribution in [0.3, 0.4) is 0 Å². The number of methoxy groups -OCH3 is 1. The molecule has 0 radical (unpaired) electrons. The molecule has 2 unspecified atom stereocenters. The van der Waals surface area contributed by atoms with Gasteiger partial charge < -0.3 is 58.2 Å². The average molecular weight is 1710 g/mol. The summed E-state index contributed by atoms with van der Waals surface area (Å²) in [6.07, 6.45) is 32.2. The third kappa shape index (κ3) is 35.3. The monoisotopic (exact) mass is 1700 g/mol. The Morgan fingerprint density at radius 1 is 0.468 bits per heavy atom. The summed E-state index contributed by atoms with van der Waals surface area (Å²) < 4.78 is 9.55. The number of carbonyl (C=O) groups excluding carboxylic acids is 12. The number of imide groups is 1. The summed E-state index contributed by atoms with van der Waals surface area (Å²) in [5.41, 5.74) is 29.8. The highest BCUT2D eigenvalue weighted by Crippen LogP contribution is 2.30. The Hall–Kier alpha value is -14.9. The van der Waals surface area contributed by atoms with Gasteiger partial charge in [0, 0.05) is 142 Å². The highest BCUT2D eigenvalue weighted by Gasteiger charge is 2.32. The Morgan fingerprint density at radius 2 is 0.833 bits per heavy atom. The number of hydroxylamine groups is 2. The molecule has 0 spiro atoms. The Labute approximate surface area is 733 Å². The van der Waals surface area contributed by atoms with Crippen molar-refractivity contribution in [3.63, 3.8) is 0 Å². The lowest BCUT2D eigenvalue weighted by atomic mass is 9.87. The van der Waals surface area contributed by atoms with Crippen molar-refractivity contribution in [3.05, 3.63) is 240 Å². The van der Waals surface area contributed by atoms with Crippen molar-refractivity contribution in [3.8, 4) is 93.9 Å². The Morgan fingerprint density at radius 3 is 1.19 bits per heavy atom. The van der Waals surface area contributed by atoms with Crippen molar-refractivity contribution < 1.29 is 87.2 Å². The van der Waals surface area contributed by atoms with Crippen molar-refractivity contribution in [2.45, 2.75) is 128 Å². The first-order chi connectivity index (χ1) is 60.7. The fourth-order valence-corrected chi connectivity index (χ4v) is 12.6. The highest BCUT2D eigenvalue weighted by molar-refractivity contribution is 6.07. The molecule has 4 aliphatic rings. The summed E-state index contributed by atoms with van der Waals surface area (Å²) >= 11 is 0. The molecule has 0 aromatic heterocycles. The van der Waals surface area contributed by atoms with Gasteiger partial charge in [-0.05, 0) is 186 Å². The molecular formula is C100H104N8O18. The summed E-state index contributed by atoms with van der Waals surface area (Å²) in [6, 6.07) is 58.8. The van der Waals surface area contributed by atoms with E-state index < -0.39 is 29.6 Å². The normalized spacial score (nSPS) is 14.1. The minimum absolute atomic E-state index is 0.0648. The van der Waals surface area contributed by atoms with Crippen LogP contribution in [-0.4, -0.2) is 137 Å². The van der Waals surface area contributed by atoms with Gasteiger partial charge in [0.1, 0.15) is 23.4 Å². The number of nitrogens with two attached hydrogens (primary N) is 3. The molecule has 3 aliphatic carbocycles. The number of carboxylic acids is 1. The van der Waals surface area contributed by atoms with Crippen LogP contribution >= 0.6 is 0 Å². The molecule has 26 heteroatoms. The first kappa shape index (κ1) is 99.9. The van der Waals surface area contributed by atoms with E-state index in [0.717, 1.165) is 88.7 Å². The number of nitrogen functional groups attached to an aromatic ring is 2. The van der Waals surface area contributed by atoms with Gasteiger partial charge in [-0.2, -0.15) is 5.06 Å². The number of benzene rings is 8. The predicted octanol–water partition coefficient (Wildman–Crippen LogP) is 14.0. The molecule has 1 saturated heterocycles. The Bertz CT molecular complexity index is 5240. The fourth-order valence-electron chi connectivity index (χ4n) is 12.6. The predicted molar refractivity (Wildman–Crippen MR) is 484 cm³/mol. The molecule has 0 bridgehead atoms. The lowest BCUT2D eigenvalue weighted by Gasteiger charge is -2.20. The van der Waals surface area contributed by atoms with Crippen LogP contribution in [0.2, 0.25) is 0 Å². The summed E-state index contributed by atoms with van der Waals surface area (Å²) in [7, 11) is 1.49. The van der Waals surface area contributed by atoms with Gasteiger partial charge in [0.05, 0.1) is 31.6 Å². The van der Waals surface area contributed by atoms with Crippen LogP contribution in [0.4, 0.5) is 22.7 Å². The van der Waals surface area contributed by atoms with Crippen molar-refractivity contribution in [1.29, 1.82) is 0 Å². The van der Waals surface area contributed by atoms with Gasteiger partial charge in [-0.1, -0.05) is 109 Å². The lowest BCUT2D eigenvalue weighted by molar-refractivity contribution is -0.171. The first-order valence-corrected chi connectivity index (χ1v) is 40.7. The number of aliphatic hydroxyl groups excluding tert-OH is 1. The number of carboxylic acid groups (broad SMARTS) is 1. The molecule has 2 fully saturated rings. The number of ether oxygens (including phenoxy) is 2. The van der Waals surface area contributed by atoms with Crippen molar-refractivity contribution >= 4 is 99.6 Å². The number of unbranched alkanes of at least 4 members (excludes halogenated alkanes) is 5. The van der Waals surface area contributed by atoms with E-state index in [1.54, 1.807) is 48.5 Å². The number of aromatic carboxylic acids is 1. The van der Waals surface area contributed by atoms with Gasteiger partial charge in [-0.3, -0.25) is 62.7 Å². The third-order valence-corrected chi connectivity index (χ3v) is 19.5. The fraction of sp³-hybridized carbons (Fsp3) is 0.270. The molecule has 2 atom stereocenters. The quantitative estimate of drug-likeness (QED) is 0.00318. The zero-order valence-electron chi connectivity index (χ0n) is 70.2. The summed E-state index contributed by atoms with van der Waals surface area (Å²) in [5.74, 6) is 6.54. The second kappa shape index (κ2) is 54.5. The molecule has 1 aliphatic heterocycles. The van der Waals surface area contributed by atoms with E-state index in [9.17, 15) is 67.4 Å². The number of allylic oxidation sites excluding steroid dienone is 2. The molecule has 13 N–H and O–H groups in total. The number of ketones is 5. The standard InChI is InChI=1S/C27H27NO4.C25H24N2O4.C18H18N2O.C13H11NO2.C8H10O4.C5H9N.C4H5NO3/c1-2-3-4-5-6-26(31)22-9-7-20(8-10-22)21-11-13-24(14-12-21)28-27(32)23-15-19(18-29)16-25(30)17-23;1-2-3-4-13-26-24(30)19-7-5-17(6-8-19)18-9-11-21(12-10-18)27-25(31)20-14-22(28)16-23(29)15-20;1-2-3-4-13-20-18(21)16-7-5-14(6-8-16)15-9-11-17(19)12-10-15;14-12-7-5-10(6-8-12)9-1-3-11(4-2-9)13(15)16;1-11-7-2-6(10)3-8(4-7)12-5-9;1-2-3-4-5-6;6-3-1-2-4(7)5(3)8/h1,7-14,16,23,29H,3-6,15,17-18H2,(H,28,32);1,5-12,20H,3-4,13-16H2,(H,26,30)(H,27,31);1,5-12H,3-4,13,19H2,(H,20,21);1-8H,14H2,(H,15,16);2,5,8H,3-4H2,1H3;1H,3-6H2;8H,1-2H2. The first-order valence-electron chi connectivity index (χ1n) is 40.7. The van der Waals surface area contributed by atoms with E-state index >= 15 is 0 Å². The van der Waals surface area contributed by atoms with E-state index in [4.69, 9.17) is 57.9 Å². The van der Waals surface area contributed by atoms with Gasteiger partial charge in [0.25, 0.3) is 30.1 Å². The number of anilines is 4. The maximum atomic E-state index is 12.5. The highest BCUT2D eigenvalue weighted by atomic mass is 16.5. The molecule has 1 saturated carbocycles. The maximum Gasteiger partial charge on any atom is 0.335 e. The SMILES string of the molecule is C#CCCCCC(=O)c1ccc(-c2ccc(NC(=O)C3CC(=O)C=C(CO)C3)cc2)cc1.C#CCCCN.C#CCCCNC(=O)c1ccc(-c2ccc(N)cc2)cc1.C#CCCCNC(=O)c1ccc(-c2ccc(NC(=O)C3CC(=O)CC(=O)C3)cc2)cc1.COC1=CC(=O)CC(OC=O)C1.Nc1ccc(-c2ccc(C(=O)O)cc2)cc1.O=C1CCC(=O)N1O. The zero-order chi connectivity index (χ0) is 91.7. The zero-order valence-corrected chi connectivity index (χ0v) is 70.2. The molecule has 1 heterocycles. The number of aliphatic hydroxyl groups is 1. The molecule has 652 valence electrons. The van der Waals surface area contributed by atoms with Crippen LogP contribution in [0.15, 0.2) is 218 Å². The van der Waals surface area contributed by atoms with Crippen molar-refractivity contribution in [2.75, 3.05) is 55.5 Å². The van der Waals surface area contributed by atoms with Crippen LogP contribution in [0.5, 0.6) is 0 Å². The number of nitrogens with zero attached hydrogens (tertiary/aromatic N) is 1. The van der Waals surface area contributed by atoms with Crippen molar-refractivity contribution in [1.82, 2.24) is 15.7 Å². The number of carbonyl (C=O) groups is 13. The van der Waals surface area contributed by atoms with E-state index in [2.05, 4.69) is 49.7 Å². The summed E-state index contributed by atoms with van der Waals surface area (Å²) in [5, 5.41) is 37.9. The molecule has 26 nitrogen and oxygen atoms in total. The molecule has 126 heavy (non-hydrogen) atoms. The molecule has 8 aromatic carbocycles. The minimum atomic E-state index is -0.913. The summed E-state index contributed by atoms with van der Waals surface area (Å²) in [4.78, 5) is 148. The van der Waals surface area contributed by atoms with Crippen LogP contribution in [0.1, 0.15) is 163 Å². The third-order valence-electron chi connectivity index (χ3n) is 19.5. The van der Waals surface area contributed by atoms with E-state index in [1.807, 2.05) is 146 Å². The van der Waals surface area contributed by atoms with Crippen LogP contribution in [-0.2, 0) is 52.6 Å². The average Bonchev–Trinajstić information content (AvgIpc) is 1.05. The van der Waals surface area contributed by atoms with E-state index in [0.29, 0.717) is 115 Å². The topological polar surface area (TPSA) is 430 Å². The molecular weight excluding hydrogens is 1600 g/mol. The van der Waals surface area contributed by atoms with Crippen molar-refractivity contribution in [2.24, 2.45) is 17.6 Å². The van der Waals surface area contributed by atoms with Gasteiger partial charge in [-0.25, -0.2) is 4.79 Å². The van der Waals surface area contributed by atoms with Gasteiger partial charge in [-0.15, -0.1) is 49.4 Å². The lowest BCUT2D eigenvalue weighted by Crippen LogP contribution is -2.32. The number of terminal acetylenes is 4. The minimum Gasteiger partial charge on any atom is -0.501 e. The largest absolute Gasteiger partial charge is 0.501 e. The van der Waals surface area contributed by atoms with E-state index in [1.165, 1.54) is 19.3 Å². The number of amides is 6. The van der Waals surface area contributed by atoms with Gasteiger partial charge >= 0.3 is 5.97 Å². The number of rotatable bonds is 28. The number of hydrogen-bond acceptors (Lipinski definition) is 20. The Balaban J connectivity index is 0.000000241. The molecule has 6 amide bonds. The van der Waals surface area contributed by atoms with Crippen LogP contribution in [0.25, 0.3) is 44.5 Å².